The van der Waals surface area contributed by atoms with Crippen LogP contribution in [0, 0.1) is 17.0 Å². The number of nitrogens with one attached hydrogen (secondary N) is 1. The lowest BCUT2D eigenvalue weighted by atomic mass is 10.1. The number of nitro benzene ring substituents is 1. The van der Waals surface area contributed by atoms with Crippen LogP contribution in [0.4, 0.5) is 11.4 Å². The van der Waals surface area contributed by atoms with Gasteiger partial charge in [-0.25, -0.2) is 0 Å². The largest absolute Gasteiger partial charge is 0.322 e. The van der Waals surface area contributed by atoms with Crippen molar-refractivity contribution < 1.29 is 9.72 Å². The number of carbonyl (C=O) groups excluding carboxylic acids is 1. The molecule has 0 fully saturated rings. The lowest BCUT2D eigenvalue weighted by Gasteiger charge is -2.08. The highest BCUT2D eigenvalue weighted by atomic mass is 32.2. The molecule has 0 saturated heterocycles. The molecule has 0 aromatic heterocycles. The zero-order valence-corrected chi connectivity index (χ0v) is 12.4. The van der Waals surface area contributed by atoms with E-state index in [4.69, 9.17) is 0 Å². The van der Waals surface area contributed by atoms with E-state index in [0.717, 1.165) is 4.90 Å². The molecule has 1 N–H and O–H groups in total. The summed E-state index contributed by atoms with van der Waals surface area (Å²) in [6, 6.07) is 11.9. The topological polar surface area (TPSA) is 72.2 Å². The van der Waals surface area contributed by atoms with E-state index in [2.05, 4.69) is 5.32 Å². The van der Waals surface area contributed by atoms with Gasteiger partial charge >= 0.3 is 0 Å². The van der Waals surface area contributed by atoms with Crippen molar-refractivity contribution in [2.24, 2.45) is 0 Å². The van der Waals surface area contributed by atoms with Crippen molar-refractivity contribution in [3.05, 3.63) is 63.7 Å². The van der Waals surface area contributed by atoms with Crippen molar-refractivity contribution in [3.8, 4) is 0 Å². The van der Waals surface area contributed by atoms with Crippen LogP contribution in [0.5, 0.6) is 0 Å². The number of thioether (sulfide) groups is 1. The van der Waals surface area contributed by atoms with Gasteiger partial charge in [-0.2, -0.15) is 0 Å². The van der Waals surface area contributed by atoms with Crippen molar-refractivity contribution in [2.45, 2.75) is 11.8 Å². The summed E-state index contributed by atoms with van der Waals surface area (Å²) in [5.41, 5.74) is 1.27. The van der Waals surface area contributed by atoms with Gasteiger partial charge in [-0.05, 0) is 43.5 Å². The molecular formula is C15H14N2O3S. The standard InChI is InChI=1S/C15H14N2O3S/c1-10-13(4-3-5-14(10)17(19)20)15(18)16-11-6-8-12(21-2)9-7-11/h3-9H,1-2H3,(H,16,18). The average molecular weight is 302 g/mol. The number of hydrogen-bond donors (Lipinski definition) is 1. The third-order valence-corrected chi connectivity index (χ3v) is 3.84. The average Bonchev–Trinajstić information content (AvgIpc) is 2.47. The lowest BCUT2D eigenvalue weighted by Crippen LogP contribution is -2.14. The first-order valence-corrected chi connectivity index (χ1v) is 7.45. The molecule has 108 valence electrons. The predicted molar refractivity (Wildman–Crippen MR) is 84.0 cm³/mol. The van der Waals surface area contributed by atoms with Crippen LogP contribution in [0.3, 0.4) is 0 Å². The summed E-state index contributed by atoms with van der Waals surface area (Å²) in [7, 11) is 0. The monoisotopic (exact) mass is 302 g/mol. The molecule has 0 radical (unpaired) electrons. The molecule has 1 amide bonds. The summed E-state index contributed by atoms with van der Waals surface area (Å²) in [6.07, 6.45) is 1.97. The summed E-state index contributed by atoms with van der Waals surface area (Å²) < 4.78 is 0. The van der Waals surface area contributed by atoms with E-state index in [1.54, 1.807) is 36.9 Å². The molecule has 0 saturated carbocycles. The fourth-order valence-electron chi connectivity index (χ4n) is 1.94. The number of carbonyl (C=O) groups is 1. The SMILES string of the molecule is CSc1ccc(NC(=O)c2cccc([N+](=O)[O-])c2C)cc1. The molecule has 6 heteroatoms. The molecular weight excluding hydrogens is 288 g/mol. The van der Waals surface area contributed by atoms with Crippen LogP contribution >= 0.6 is 11.8 Å². The molecule has 0 heterocycles. The maximum absolute atomic E-state index is 12.2. The van der Waals surface area contributed by atoms with Crippen LogP contribution in [0.15, 0.2) is 47.4 Å². The number of rotatable bonds is 4. The maximum Gasteiger partial charge on any atom is 0.273 e. The Bertz CT molecular complexity index is 684. The van der Waals surface area contributed by atoms with E-state index in [0.29, 0.717) is 16.8 Å². The van der Waals surface area contributed by atoms with Gasteiger partial charge in [-0.1, -0.05) is 6.07 Å². The molecule has 5 nitrogen and oxygen atoms in total. The van der Waals surface area contributed by atoms with Gasteiger partial charge in [-0.3, -0.25) is 14.9 Å². The highest BCUT2D eigenvalue weighted by molar-refractivity contribution is 7.98. The summed E-state index contributed by atoms with van der Waals surface area (Å²) >= 11 is 1.61. The van der Waals surface area contributed by atoms with Gasteiger partial charge < -0.3 is 5.32 Å². The Morgan fingerprint density at radius 3 is 2.43 bits per heavy atom. The van der Waals surface area contributed by atoms with E-state index in [9.17, 15) is 14.9 Å². The van der Waals surface area contributed by atoms with Gasteiger partial charge in [0.15, 0.2) is 0 Å². The molecule has 0 bridgehead atoms. The van der Waals surface area contributed by atoms with E-state index in [1.807, 2.05) is 18.4 Å². The van der Waals surface area contributed by atoms with Crippen LogP contribution in [-0.2, 0) is 0 Å². The normalized spacial score (nSPS) is 10.2. The first-order valence-electron chi connectivity index (χ1n) is 6.22. The molecule has 2 aromatic rings. The fraction of sp³-hybridized carbons (Fsp3) is 0.133. The Morgan fingerprint density at radius 1 is 1.19 bits per heavy atom. The third kappa shape index (κ3) is 3.41. The van der Waals surface area contributed by atoms with Gasteiger partial charge in [0.05, 0.1) is 4.92 Å². The van der Waals surface area contributed by atoms with Gasteiger partial charge in [0, 0.05) is 27.8 Å². The molecule has 0 unspecified atom stereocenters. The first kappa shape index (κ1) is 15.1. The Kier molecular flexibility index (Phi) is 4.59. The van der Waals surface area contributed by atoms with Crippen LogP contribution in [0.25, 0.3) is 0 Å². The third-order valence-electron chi connectivity index (χ3n) is 3.09. The van der Waals surface area contributed by atoms with Crippen molar-refractivity contribution in [3.63, 3.8) is 0 Å². The molecule has 2 rings (SSSR count). The number of hydrogen-bond acceptors (Lipinski definition) is 4. The maximum atomic E-state index is 12.2. The highest BCUT2D eigenvalue weighted by Gasteiger charge is 2.17. The second kappa shape index (κ2) is 6.41. The van der Waals surface area contributed by atoms with Crippen molar-refractivity contribution in [1.29, 1.82) is 0 Å². The summed E-state index contributed by atoms with van der Waals surface area (Å²) in [5.74, 6) is -0.354. The van der Waals surface area contributed by atoms with Crippen molar-refractivity contribution >= 4 is 29.0 Å². The van der Waals surface area contributed by atoms with Gasteiger partial charge in [0.1, 0.15) is 0 Å². The minimum Gasteiger partial charge on any atom is -0.322 e. The van der Waals surface area contributed by atoms with E-state index in [1.165, 1.54) is 12.1 Å². The van der Waals surface area contributed by atoms with Crippen LogP contribution < -0.4 is 5.32 Å². The minimum absolute atomic E-state index is 0.0552. The quantitative estimate of drug-likeness (QED) is 0.528. The van der Waals surface area contributed by atoms with Crippen LogP contribution in [0.1, 0.15) is 15.9 Å². The number of amides is 1. The predicted octanol–water partition coefficient (Wildman–Crippen LogP) is 3.88. The van der Waals surface area contributed by atoms with Crippen molar-refractivity contribution in [1.82, 2.24) is 0 Å². The molecule has 0 aliphatic rings. The van der Waals surface area contributed by atoms with Gasteiger partial charge in [0.2, 0.25) is 0 Å². The van der Waals surface area contributed by atoms with Crippen LogP contribution in [0.2, 0.25) is 0 Å². The molecule has 0 spiro atoms. The molecule has 0 atom stereocenters. The molecule has 21 heavy (non-hydrogen) atoms. The number of anilines is 1. The van der Waals surface area contributed by atoms with Crippen molar-refractivity contribution in [2.75, 3.05) is 11.6 Å². The highest BCUT2D eigenvalue weighted by Crippen LogP contribution is 2.23. The Hall–Kier alpha value is -2.34. The number of nitro groups is 1. The minimum atomic E-state index is -0.487. The molecule has 2 aromatic carbocycles. The van der Waals surface area contributed by atoms with Gasteiger partial charge in [-0.15, -0.1) is 11.8 Å². The summed E-state index contributed by atoms with van der Waals surface area (Å²) in [6.45, 7) is 1.57. The number of benzene rings is 2. The second-order valence-electron chi connectivity index (χ2n) is 4.39. The Balaban J connectivity index is 2.24. The molecule has 0 aliphatic carbocycles. The second-order valence-corrected chi connectivity index (χ2v) is 5.27. The Labute approximate surface area is 126 Å². The van der Waals surface area contributed by atoms with Gasteiger partial charge in [0.25, 0.3) is 11.6 Å². The zero-order valence-electron chi connectivity index (χ0n) is 11.6. The summed E-state index contributed by atoms with van der Waals surface area (Å²) in [4.78, 5) is 23.7. The Morgan fingerprint density at radius 2 is 1.86 bits per heavy atom. The van der Waals surface area contributed by atoms with E-state index < -0.39 is 4.92 Å². The first-order chi connectivity index (χ1) is 10.0. The smallest absolute Gasteiger partial charge is 0.273 e. The lowest BCUT2D eigenvalue weighted by molar-refractivity contribution is -0.385. The van der Waals surface area contributed by atoms with E-state index in [-0.39, 0.29) is 11.6 Å². The number of nitrogens with zero attached hydrogens (tertiary/aromatic N) is 1. The zero-order chi connectivity index (χ0) is 15.4. The molecule has 0 aliphatic heterocycles. The van der Waals surface area contributed by atoms with Crippen LogP contribution in [-0.4, -0.2) is 17.1 Å². The fourth-order valence-corrected chi connectivity index (χ4v) is 2.35. The van der Waals surface area contributed by atoms with E-state index >= 15 is 0 Å². The summed E-state index contributed by atoms with van der Waals surface area (Å²) in [5, 5.41) is 13.6.